The van der Waals surface area contributed by atoms with Crippen LogP contribution < -0.4 is 10.6 Å². The lowest BCUT2D eigenvalue weighted by molar-refractivity contribution is 0.0697. The van der Waals surface area contributed by atoms with E-state index in [0.717, 1.165) is 0 Å². The summed E-state index contributed by atoms with van der Waals surface area (Å²) in [6.45, 7) is 1.90. The minimum Gasteiger partial charge on any atom is -0.478 e. The van der Waals surface area contributed by atoms with Gasteiger partial charge in [-0.1, -0.05) is 11.6 Å². The van der Waals surface area contributed by atoms with E-state index in [4.69, 9.17) is 26.8 Å². The highest BCUT2D eigenvalue weighted by atomic mass is 35.5. The van der Waals surface area contributed by atoms with Crippen molar-refractivity contribution in [1.82, 2.24) is 0 Å². The number of benzene rings is 1. The molecule has 1 aromatic carbocycles. The molecule has 3 N–H and O–H groups in total. The quantitative estimate of drug-likeness (QED) is 0.711. The van der Waals surface area contributed by atoms with Crippen molar-refractivity contribution >= 4 is 28.9 Å². The summed E-state index contributed by atoms with van der Waals surface area (Å²) in [5, 5.41) is 9.61. The van der Waals surface area contributed by atoms with Gasteiger partial charge in [0, 0.05) is 33.0 Å². The first-order valence-corrected chi connectivity index (χ1v) is 6.44. The Kier molecular flexibility index (Phi) is 6.57. The van der Waals surface area contributed by atoms with Crippen molar-refractivity contribution < 1.29 is 19.4 Å². The molecule has 6 nitrogen and oxygen atoms in total. The van der Waals surface area contributed by atoms with Gasteiger partial charge >= 0.3 is 5.97 Å². The number of anilines is 2. The molecule has 0 spiro atoms. The topological polar surface area (TPSA) is 85.0 Å². The number of halogens is 1. The van der Waals surface area contributed by atoms with Crippen molar-refractivity contribution in [1.29, 1.82) is 0 Å². The molecule has 0 aromatic heterocycles. The van der Waals surface area contributed by atoms with Crippen LogP contribution in [0.3, 0.4) is 0 Å². The van der Waals surface area contributed by atoms with Gasteiger partial charge in [0.1, 0.15) is 0 Å². The van der Waals surface area contributed by atoms with Crippen molar-refractivity contribution in [3.8, 4) is 0 Å². The van der Waals surface area contributed by atoms with E-state index in [1.54, 1.807) is 14.2 Å². The zero-order chi connectivity index (χ0) is 15.1. The lowest BCUT2D eigenvalue weighted by atomic mass is 10.1. The highest BCUT2D eigenvalue weighted by Crippen LogP contribution is 2.32. The smallest absolute Gasteiger partial charge is 0.337 e. The van der Waals surface area contributed by atoms with Crippen LogP contribution in [0.1, 0.15) is 10.4 Å². The molecule has 0 aliphatic heterocycles. The number of carboxylic acid groups (broad SMARTS) is 1. The predicted molar refractivity (Wildman–Crippen MR) is 78.8 cm³/mol. The van der Waals surface area contributed by atoms with Gasteiger partial charge in [-0.25, -0.2) is 4.79 Å². The minimum absolute atomic E-state index is 0.0715. The Bertz CT molecular complexity index is 460. The fraction of sp³-hybridized carbons (Fsp3) is 0.462. The standard InChI is InChI=1S/C13H19ClN2O4/c1-19-5-3-16(4-6-20-2)12-10(13(17)18)7-9(15)8-11(12)14/h7-8H,3-6,15H2,1-2H3,(H,17,18). The Balaban J connectivity index is 3.18. The molecule has 0 fully saturated rings. The first-order valence-electron chi connectivity index (χ1n) is 6.06. The molecule has 0 saturated carbocycles. The molecule has 0 aliphatic rings. The molecule has 7 heteroatoms. The van der Waals surface area contributed by atoms with Crippen LogP contribution in [-0.2, 0) is 9.47 Å². The van der Waals surface area contributed by atoms with Crippen LogP contribution in [0.25, 0.3) is 0 Å². The second-order valence-electron chi connectivity index (χ2n) is 4.18. The fourth-order valence-corrected chi connectivity index (χ4v) is 2.19. The van der Waals surface area contributed by atoms with Gasteiger partial charge in [0.15, 0.2) is 0 Å². The van der Waals surface area contributed by atoms with Gasteiger partial charge in [-0.3, -0.25) is 0 Å². The molecule has 0 amide bonds. The number of carbonyl (C=O) groups is 1. The number of nitrogens with zero attached hydrogens (tertiary/aromatic N) is 1. The lowest BCUT2D eigenvalue weighted by Gasteiger charge is -2.27. The molecule has 0 unspecified atom stereocenters. The van der Waals surface area contributed by atoms with Crippen LogP contribution in [0.4, 0.5) is 11.4 Å². The van der Waals surface area contributed by atoms with E-state index in [-0.39, 0.29) is 5.56 Å². The van der Waals surface area contributed by atoms with Crippen LogP contribution in [0.15, 0.2) is 12.1 Å². The summed E-state index contributed by atoms with van der Waals surface area (Å²) in [6.07, 6.45) is 0. The molecule has 112 valence electrons. The number of hydrogen-bond donors (Lipinski definition) is 2. The average molecular weight is 303 g/mol. The molecule has 1 rings (SSSR count). The highest BCUT2D eigenvalue weighted by Gasteiger charge is 2.20. The maximum Gasteiger partial charge on any atom is 0.337 e. The molecule has 0 bridgehead atoms. The van der Waals surface area contributed by atoms with E-state index < -0.39 is 5.97 Å². The van der Waals surface area contributed by atoms with Crippen LogP contribution in [0, 0.1) is 0 Å². The molecule has 20 heavy (non-hydrogen) atoms. The molecule has 0 atom stereocenters. The van der Waals surface area contributed by atoms with Gasteiger partial charge in [-0.05, 0) is 12.1 Å². The van der Waals surface area contributed by atoms with E-state index in [0.29, 0.717) is 42.7 Å². The number of ether oxygens (including phenoxy) is 2. The number of aromatic carboxylic acids is 1. The largest absolute Gasteiger partial charge is 0.478 e. The normalized spacial score (nSPS) is 10.6. The summed E-state index contributed by atoms with van der Waals surface area (Å²) in [4.78, 5) is 13.2. The Morgan fingerprint density at radius 1 is 1.30 bits per heavy atom. The predicted octanol–water partition coefficient (Wildman–Crippen LogP) is 1.72. The fourth-order valence-electron chi connectivity index (χ4n) is 1.84. The summed E-state index contributed by atoms with van der Waals surface area (Å²) in [5.41, 5.74) is 6.47. The van der Waals surface area contributed by atoms with Crippen molar-refractivity contribution in [3.05, 3.63) is 22.7 Å². The summed E-state index contributed by atoms with van der Waals surface area (Å²) >= 11 is 6.16. The van der Waals surface area contributed by atoms with Gasteiger partial charge < -0.3 is 25.2 Å². The lowest BCUT2D eigenvalue weighted by Crippen LogP contribution is -2.32. The van der Waals surface area contributed by atoms with Gasteiger partial charge in [-0.2, -0.15) is 0 Å². The van der Waals surface area contributed by atoms with Gasteiger partial charge in [-0.15, -0.1) is 0 Å². The van der Waals surface area contributed by atoms with Crippen LogP contribution in [0.2, 0.25) is 5.02 Å². The molecule has 0 saturated heterocycles. The van der Waals surface area contributed by atoms with E-state index in [2.05, 4.69) is 0 Å². The molecule has 0 radical (unpaired) electrons. The Morgan fingerprint density at radius 2 is 1.85 bits per heavy atom. The van der Waals surface area contributed by atoms with E-state index >= 15 is 0 Å². The van der Waals surface area contributed by atoms with Crippen molar-refractivity contribution in [2.45, 2.75) is 0 Å². The number of hydrogen-bond acceptors (Lipinski definition) is 5. The third-order valence-corrected chi connectivity index (χ3v) is 3.05. The number of nitrogen functional groups attached to an aromatic ring is 1. The number of rotatable bonds is 8. The monoisotopic (exact) mass is 302 g/mol. The summed E-state index contributed by atoms with van der Waals surface area (Å²) in [5.74, 6) is -1.07. The van der Waals surface area contributed by atoms with Gasteiger partial charge in [0.05, 0.1) is 29.5 Å². The van der Waals surface area contributed by atoms with Crippen LogP contribution in [0.5, 0.6) is 0 Å². The zero-order valence-corrected chi connectivity index (χ0v) is 12.3. The summed E-state index contributed by atoms with van der Waals surface area (Å²) in [6, 6.07) is 2.94. The number of nitrogens with two attached hydrogens (primary N) is 1. The third-order valence-electron chi connectivity index (χ3n) is 2.76. The highest BCUT2D eigenvalue weighted by molar-refractivity contribution is 6.34. The Morgan fingerprint density at radius 3 is 2.30 bits per heavy atom. The van der Waals surface area contributed by atoms with E-state index in [1.165, 1.54) is 12.1 Å². The third kappa shape index (κ3) is 4.26. The van der Waals surface area contributed by atoms with Gasteiger partial charge in [0.25, 0.3) is 0 Å². The minimum atomic E-state index is -1.07. The SMILES string of the molecule is COCCN(CCOC)c1c(Cl)cc(N)cc1C(=O)O. The van der Waals surface area contributed by atoms with E-state index in [9.17, 15) is 9.90 Å². The van der Waals surface area contributed by atoms with Crippen molar-refractivity contribution in [2.75, 3.05) is 51.2 Å². The van der Waals surface area contributed by atoms with Crippen LogP contribution in [-0.4, -0.2) is 51.6 Å². The molecule has 1 aromatic rings. The summed E-state index contributed by atoms with van der Waals surface area (Å²) in [7, 11) is 3.16. The van der Waals surface area contributed by atoms with Crippen molar-refractivity contribution in [2.24, 2.45) is 0 Å². The molecule has 0 heterocycles. The molecular weight excluding hydrogens is 284 g/mol. The first-order chi connectivity index (χ1) is 9.51. The molecular formula is C13H19ClN2O4. The second kappa shape index (κ2) is 7.94. The van der Waals surface area contributed by atoms with Crippen molar-refractivity contribution in [3.63, 3.8) is 0 Å². The average Bonchev–Trinajstić information content (AvgIpc) is 2.39. The Labute approximate surface area is 123 Å². The zero-order valence-electron chi connectivity index (χ0n) is 11.6. The number of carboxylic acids is 1. The van der Waals surface area contributed by atoms with Gasteiger partial charge in [0.2, 0.25) is 0 Å². The Hall–Kier alpha value is -1.50. The second-order valence-corrected chi connectivity index (χ2v) is 4.58. The van der Waals surface area contributed by atoms with Crippen LogP contribution >= 0.6 is 11.6 Å². The summed E-state index contributed by atoms with van der Waals surface area (Å²) < 4.78 is 10.1. The molecule has 0 aliphatic carbocycles. The maximum absolute atomic E-state index is 11.4. The first kappa shape index (κ1) is 16.6. The number of methoxy groups -OCH3 is 2. The maximum atomic E-state index is 11.4. The van der Waals surface area contributed by atoms with E-state index in [1.807, 2.05) is 4.90 Å².